The second kappa shape index (κ2) is 13.9. The molecule has 0 spiro atoms. The van der Waals surface area contributed by atoms with Gasteiger partial charge in [0.1, 0.15) is 17.7 Å². The molecule has 2 amide bonds. The van der Waals surface area contributed by atoms with E-state index in [1.54, 1.807) is 43.6 Å². The molecule has 0 unspecified atom stereocenters. The Morgan fingerprint density at radius 2 is 1.56 bits per heavy atom. The number of halogens is 2. The molecule has 0 bridgehead atoms. The Bertz CT molecular complexity index is 2070. The topological polar surface area (TPSA) is 112 Å². The van der Waals surface area contributed by atoms with Crippen molar-refractivity contribution < 1.29 is 28.3 Å². The number of aromatic nitrogens is 2. The Hall–Kier alpha value is -5.29. The minimum Gasteiger partial charge on any atom is -0.481 e. The number of hydrogen-bond acceptors (Lipinski definition) is 6. The number of hydrogen-bond donors (Lipinski definition) is 2. The zero-order chi connectivity index (χ0) is 35.7. The van der Waals surface area contributed by atoms with Gasteiger partial charge in [0.05, 0.1) is 10.8 Å². The first-order valence-electron chi connectivity index (χ1n) is 16.2. The molecule has 8 nitrogen and oxygen atoms in total. The highest BCUT2D eigenvalue weighted by atomic mass is 32.1. The van der Waals surface area contributed by atoms with Crippen LogP contribution < -0.4 is 5.32 Å². The van der Waals surface area contributed by atoms with Crippen molar-refractivity contribution in [2.24, 2.45) is 5.92 Å². The summed E-state index contributed by atoms with van der Waals surface area (Å²) >= 11 is 1.38. The number of likely N-dealkylation sites (tertiary alicyclic amines) is 1. The number of carbonyl (C=O) groups excluding carboxylic acids is 2. The van der Waals surface area contributed by atoms with Crippen LogP contribution in [0, 0.1) is 24.5 Å². The van der Waals surface area contributed by atoms with Crippen LogP contribution >= 0.6 is 11.3 Å². The molecule has 1 saturated heterocycles. The minimum absolute atomic E-state index is 0.0992. The van der Waals surface area contributed by atoms with Crippen molar-refractivity contribution in [2.75, 3.05) is 13.1 Å². The third-order valence-corrected chi connectivity index (χ3v) is 10.3. The summed E-state index contributed by atoms with van der Waals surface area (Å²) in [6, 6.07) is 19.3. The number of thiophene rings is 1. The fourth-order valence-corrected chi connectivity index (χ4v) is 6.80. The molecular formula is C39H36F2N4O4S. The average Bonchev–Trinajstić information content (AvgIpc) is 3.56. The predicted molar refractivity (Wildman–Crippen MR) is 189 cm³/mol. The molecule has 3 aromatic carbocycles. The lowest BCUT2D eigenvalue weighted by molar-refractivity contribution is -0.153. The Balaban J connectivity index is 1.16. The number of aryl methyl sites for hydroxylation is 1. The summed E-state index contributed by atoms with van der Waals surface area (Å²) in [6.07, 6.45) is 3.30. The van der Waals surface area contributed by atoms with E-state index in [1.165, 1.54) is 34.4 Å². The highest BCUT2D eigenvalue weighted by molar-refractivity contribution is 7.14. The molecule has 1 atom stereocenters. The smallest absolute Gasteiger partial charge is 0.310 e. The lowest BCUT2D eigenvalue weighted by Gasteiger charge is -2.38. The molecule has 5 aromatic rings. The minimum atomic E-state index is -0.950. The molecule has 0 radical (unpaired) electrons. The zero-order valence-electron chi connectivity index (χ0n) is 28.0. The van der Waals surface area contributed by atoms with E-state index >= 15 is 4.39 Å². The van der Waals surface area contributed by atoms with E-state index in [9.17, 15) is 23.9 Å². The van der Waals surface area contributed by atoms with E-state index in [0.717, 1.165) is 16.0 Å². The zero-order valence-corrected chi connectivity index (χ0v) is 28.9. The monoisotopic (exact) mass is 694 g/mol. The van der Waals surface area contributed by atoms with Crippen LogP contribution in [0.2, 0.25) is 0 Å². The van der Waals surface area contributed by atoms with E-state index in [4.69, 9.17) is 0 Å². The van der Waals surface area contributed by atoms with Crippen LogP contribution in [0.25, 0.3) is 33.6 Å². The predicted octanol–water partition coefficient (Wildman–Crippen LogP) is 7.31. The van der Waals surface area contributed by atoms with E-state index in [-0.39, 0.29) is 42.6 Å². The number of benzene rings is 3. The second-order valence-corrected chi connectivity index (χ2v) is 14.7. The van der Waals surface area contributed by atoms with Crippen LogP contribution in [0.5, 0.6) is 0 Å². The van der Waals surface area contributed by atoms with Gasteiger partial charge in [0.15, 0.2) is 5.82 Å². The number of rotatable bonds is 9. The summed E-state index contributed by atoms with van der Waals surface area (Å²) in [6.45, 7) is 8.17. The Morgan fingerprint density at radius 3 is 2.16 bits per heavy atom. The maximum absolute atomic E-state index is 15.2. The fraction of sp³-hybridized carbons (Fsp3) is 0.256. The molecule has 0 aliphatic carbocycles. The molecule has 2 N–H and O–H groups in total. The number of carboxylic acids is 1. The van der Waals surface area contributed by atoms with Gasteiger partial charge in [0, 0.05) is 53.5 Å². The van der Waals surface area contributed by atoms with Gasteiger partial charge in [-0.25, -0.2) is 18.7 Å². The molecule has 1 aliphatic rings. The molecule has 256 valence electrons. The van der Waals surface area contributed by atoms with Gasteiger partial charge in [-0.2, -0.15) is 0 Å². The first-order chi connectivity index (χ1) is 23.8. The van der Waals surface area contributed by atoms with Gasteiger partial charge in [0.2, 0.25) is 5.91 Å². The Morgan fingerprint density at radius 1 is 0.900 bits per heavy atom. The molecule has 50 heavy (non-hydrogen) atoms. The maximum Gasteiger partial charge on any atom is 0.310 e. The largest absolute Gasteiger partial charge is 0.481 e. The van der Waals surface area contributed by atoms with Crippen LogP contribution in [0.4, 0.5) is 8.78 Å². The lowest BCUT2D eigenvalue weighted by Crippen LogP contribution is -2.59. The highest BCUT2D eigenvalue weighted by Gasteiger charge is 2.39. The van der Waals surface area contributed by atoms with Gasteiger partial charge in [-0.1, -0.05) is 63.2 Å². The van der Waals surface area contributed by atoms with Gasteiger partial charge in [0.25, 0.3) is 5.91 Å². The van der Waals surface area contributed by atoms with Crippen LogP contribution in [0.1, 0.15) is 46.4 Å². The molecule has 3 heterocycles. The van der Waals surface area contributed by atoms with Crippen LogP contribution in [-0.2, 0) is 21.4 Å². The normalized spacial score (nSPS) is 13.8. The van der Waals surface area contributed by atoms with Crippen LogP contribution in [-0.4, -0.2) is 56.9 Å². The third-order valence-electron chi connectivity index (χ3n) is 8.80. The summed E-state index contributed by atoms with van der Waals surface area (Å²) in [5, 5.41) is 12.2. The molecule has 0 saturated carbocycles. The maximum atomic E-state index is 15.2. The molecule has 2 aromatic heterocycles. The van der Waals surface area contributed by atoms with Crippen LogP contribution in [0.3, 0.4) is 0 Å². The third kappa shape index (κ3) is 7.47. The second-order valence-electron chi connectivity index (χ2n) is 13.6. The first kappa shape index (κ1) is 34.6. The van der Waals surface area contributed by atoms with Gasteiger partial charge < -0.3 is 15.3 Å². The highest BCUT2D eigenvalue weighted by Crippen LogP contribution is 2.31. The van der Waals surface area contributed by atoms with Crippen molar-refractivity contribution in [3.05, 3.63) is 118 Å². The van der Waals surface area contributed by atoms with E-state index in [2.05, 4.69) is 36.1 Å². The van der Waals surface area contributed by atoms with Crippen LogP contribution in [0.15, 0.2) is 85.2 Å². The fourth-order valence-electron chi connectivity index (χ4n) is 5.84. The number of carboxylic acid groups (broad SMARTS) is 1. The Labute approximate surface area is 292 Å². The number of carbonyl (C=O) groups is 3. The van der Waals surface area contributed by atoms with Gasteiger partial charge in [-0.15, -0.1) is 11.3 Å². The number of amides is 2. The van der Waals surface area contributed by atoms with E-state index in [0.29, 0.717) is 38.5 Å². The number of nitrogens with one attached hydrogen (secondary N) is 1. The summed E-state index contributed by atoms with van der Waals surface area (Å²) in [7, 11) is 0. The van der Waals surface area contributed by atoms with Crippen molar-refractivity contribution in [3.63, 3.8) is 0 Å². The lowest BCUT2D eigenvalue weighted by atomic mass is 9.95. The van der Waals surface area contributed by atoms with Gasteiger partial charge in [-0.3, -0.25) is 14.4 Å². The SMILES string of the molecule is Cc1cc(F)ccc1-c1ccc(-c2cnc(-c3ccc(C[C@H](NC(=O)c4ccc(C(C)(C)C)s4)C(=O)N4CC(C(=O)O)C4)cc3)nc2)c(F)c1. The van der Waals surface area contributed by atoms with E-state index < -0.39 is 23.7 Å². The van der Waals surface area contributed by atoms with Crippen molar-refractivity contribution in [1.29, 1.82) is 0 Å². The first-order valence-corrected chi connectivity index (χ1v) is 17.0. The molecular weight excluding hydrogens is 659 g/mol. The van der Waals surface area contributed by atoms with Crippen molar-refractivity contribution in [3.8, 4) is 33.6 Å². The van der Waals surface area contributed by atoms with Crippen molar-refractivity contribution in [1.82, 2.24) is 20.2 Å². The molecule has 1 fully saturated rings. The van der Waals surface area contributed by atoms with Gasteiger partial charge in [-0.05, 0) is 64.9 Å². The number of aliphatic carboxylic acids is 1. The van der Waals surface area contributed by atoms with Gasteiger partial charge >= 0.3 is 5.97 Å². The van der Waals surface area contributed by atoms with Crippen molar-refractivity contribution >= 4 is 29.1 Å². The molecule has 6 rings (SSSR count). The quantitative estimate of drug-likeness (QED) is 0.167. The molecule has 11 heteroatoms. The van der Waals surface area contributed by atoms with Crippen molar-refractivity contribution in [2.45, 2.75) is 45.6 Å². The summed E-state index contributed by atoms with van der Waals surface area (Å²) in [5.41, 5.74) is 4.28. The molecule has 1 aliphatic heterocycles. The number of nitrogens with zero attached hydrogens (tertiary/aromatic N) is 3. The summed E-state index contributed by atoms with van der Waals surface area (Å²) in [5.74, 6) is -2.63. The average molecular weight is 695 g/mol. The van der Waals surface area contributed by atoms with E-state index in [1.807, 2.05) is 30.3 Å². The summed E-state index contributed by atoms with van der Waals surface area (Å²) in [4.78, 5) is 50.0. The summed E-state index contributed by atoms with van der Waals surface area (Å²) < 4.78 is 28.8. The standard InChI is InChI=1S/C39H36F2N4O4S/c1-22-15-28(40)10-12-29(22)25-9-11-30(31(41)17-25)26-18-42-35(43-19-26)24-7-5-23(6-8-24)16-32(37(47)45-20-27(21-45)38(48)49)44-36(46)33-13-14-34(50-33)39(2,3)4/h5-15,17-19,27,32H,16,20-21H2,1-4H3,(H,44,46)(H,48,49)/t32-/m0/s1. The Kier molecular flexibility index (Phi) is 9.62.